The standard InChI is InChI=1S/C14H17BrN2O/c1-4-14(5-2,9-16)13(18)17-11-7-6-10(3)12(15)8-11/h6-8H,4-5H2,1-3H3,(H,17,18). The first-order chi connectivity index (χ1) is 8.49. The molecule has 0 aromatic heterocycles. The Bertz CT molecular complexity index is 487. The van der Waals surface area contributed by atoms with Crippen LogP contribution in [0.5, 0.6) is 0 Å². The molecule has 0 radical (unpaired) electrons. The fourth-order valence-electron chi connectivity index (χ4n) is 1.70. The summed E-state index contributed by atoms with van der Waals surface area (Å²) in [6.45, 7) is 5.70. The Balaban J connectivity index is 2.94. The van der Waals surface area contributed by atoms with Gasteiger partial charge in [0.1, 0.15) is 5.41 Å². The number of aryl methyl sites for hydroxylation is 1. The molecule has 0 unspecified atom stereocenters. The summed E-state index contributed by atoms with van der Waals surface area (Å²) in [5.41, 5.74) is 0.877. The molecule has 0 fully saturated rings. The number of nitrogens with one attached hydrogen (secondary N) is 1. The predicted molar refractivity (Wildman–Crippen MR) is 76.1 cm³/mol. The zero-order valence-corrected chi connectivity index (χ0v) is 12.5. The molecule has 0 aliphatic carbocycles. The molecule has 1 amide bonds. The van der Waals surface area contributed by atoms with Gasteiger partial charge in [-0.1, -0.05) is 35.8 Å². The van der Waals surface area contributed by atoms with E-state index in [-0.39, 0.29) is 5.91 Å². The number of hydrogen-bond donors (Lipinski definition) is 1. The maximum Gasteiger partial charge on any atom is 0.244 e. The molecule has 3 nitrogen and oxygen atoms in total. The Morgan fingerprint density at radius 2 is 2.06 bits per heavy atom. The number of nitriles is 1. The van der Waals surface area contributed by atoms with Gasteiger partial charge in [-0.05, 0) is 37.5 Å². The summed E-state index contributed by atoms with van der Waals surface area (Å²) in [4.78, 5) is 12.2. The molecule has 0 bridgehead atoms. The Hall–Kier alpha value is -1.34. The molecule has 1 aromatic rings. The maximum absolute atomic E-state index is 12.2. The van der Waals surface area contributed by atoms with E-state index < -0.39 is 5.41 Å². The van der Waals surface area contributed by atoms with Crippen LogP contribution in [0.3, 0.4) is 0 Å². The second-order valence-electron chi connectivity index (χ2n) is 4.32. The lowest BCUT2D eigenvalue weighted by Crippen LogP contribution is -2.33. The van der Waals surface area contributed by atoms with Crippen molar-refractivity contribution in [2.24, 2.45) is 5.41 Å². The highest BCUT2D eigenvalue weighted by Crippen LogP contribution is 2.28. The van der Waals surface area contributed by atoms with Crippen molar-refractivity contribution >= 4 is 27.5 Å². The summed E-state index contributed by atoms with van der Waals surface area (Å²) in [5.74, 6) is -0.231. The number of halogens is 1. The number of rotatable bonds is 4. The monoisotopic (exact) mass is 308 g/mol. The van der Waals surface area contributed by atoms with Crippen LogP contribution in [0.2, 0.25) is 0 Å². The van der Waals surface area contributed by atoms with E-state index >= 15 is 0 Å². The molecule has 1 N–H and O–H groups in total. The van der Waals surface area contributed by atoms with Gasteiger partial charge < -0.3 is 5.32 Å². The number of amides is 1. The molecule has 0 saturated carbocycles. The molecule has 0 heterocycles. The van der Waals surface area contributed by atoms with E-state index in [0.717, 1.165) is 10.0 Å². The van der Waals surface area contributed by atoms with E-state index in [4.69, 9.17) is 0 Å². The van der Waals surface area contributed by atoms with Crippen LogP contribution in [0.4, 0.5) is 5.69 Å². The number of hydrogen-bond acceptors (Lipinski definition) is 2. The van der Waals surface area contributed by atoms with Gasteiger partial charge in [-0.3, -0.25) is 4.79 Å². The van der Waals surface area contributed by atoms with Crippen molar-refractivity contribution in [3.05, 3.63) is 28.2 Å². The molecule has 0 aliphatic heterocycles. The van der Waals surface area contributed by atoms with Crippen LogP contribution in [0, 0.1) is 23.7 Å². The van der Waals surface area contributed by atoms with E-state index in [0.29, 0.717) is 18.5 Å². The fraction of sp³-hybridized carbons (Fsp3) is 0.429. The quantitative estimate of drug-likeness (QED) is 0.913. The van der Waals surface area contributed by atoms with Crippen molar-refractivity contribution in [1.29, 1.82) is 5.26 Å². The Labute approximate surface area is 116 Å². The second-order valence-corrected chi connectivity index (χ2v) is 5.17. The van der Waals surface area contributed by atoms with Crippen LogP contribution in [-0.4, -0.2) is 5.91 Å². The highest BCUT2D eigenvalue weighted by molar-refractivity contribution is 9.10. The minimum Gasteiger partial charge on any atom is -0.325 e. The molecule has 4 heteroatoms. The SMILES string of the molecule is CCC(C#N)(CC)C(=O)Nc1ccc(C)c(Br)c1. The summed E-state index contributed by atoms with van der Waals surface area (Å²) >= 11 is 3.42. The van der Waals surface area contributed by atoms with E-state index in [9.17, 15) is 10.1 Å². The van der Waals surface area contributed by atoms with E-state index in [1.165, 1.54) is 0 Å². The number of nitrogens with zero attached hydrogens (tertiary/aromatic N) is 1. The van der Waals surface area contributed by atoms with Crippen LogP contribution in [0.25, 0.3) is 0 Å². The molecular formula is C14H17BrN2O. The summed E-state index contributed by atoms with van der Waals surface area (Å²) in [5, 5.41) is 12.0. The van der Waals surface area contributed by atoms with Gasteiger partial charge in [0.15, 0.2) is 0 Å². The lowest BCUT2D eigenvalue weighted by atomic mass is 9.83. The molecule has 0 atom stereocenters. The maximum atomic E-state index is 12.2. The van der Waals surface area contributed by atoms with Crippen molar-refractivity contribution < 1.29 is 4.79 Å². The Morgan fingerprint density at radius 1 is 1.44 bits per heavy atom. The van der Waals surface area contributed by atoms with Crippen LogP contribution in [0.1, 0.15) is 32.3 Å². The average molecular weight is 309 g/mol. The Morgan fingerprint density at radius 3 is 2.50 bits per heavy atom. The van der Waals surface area contributed by atoms with Crippen molar-refractivity contribution in [3.63, 3.8) is 0 Å². The first-order valence-corrected chi connectivity index (χ1v) is 6.77. The molecule has 1 rings (SSSR count). The van der Waals surface area contributed by atoms with Crippen LogP contribution < -0.4 is 5.32 Å². The third-order valence-corrected chi connectivity index (χ3v) is 4.14. The molecule has 18 heavy (non-hydrogen) atoms. The minimum atomic E-state index is -0.933. The summed E-state index contributed by atoms with van der Waals surface area (Å²) in [6, 6.07) is 7.75. The number of carbonyl (C=O) groups excluding carboxylic acids is 1. The lowest BCUT2D eigenvalue weighted by molar-refractivity contribution is -0.123. The van der Waals surface area contributed by atoms with Gasteiger partial charge in [-0.15, -0.1) is 0 Å². The zero-order chi connectivity index (χ0) is 13.8. The van der Waals surface area contributed by atoms with Crippen LogP contribution in [0.15, 0.2) is 22.7 Å². The third kappa shape index (κ3) is 2.91. The summed E-state index contributed by atoms with van der Waals surface area (Å²) < 4.78 is 0.941. The number of anilines is 1. The van der Waals surface area contributed by atoms with E-state index in [1.54, 1.807) is 0 Å². The Kier molecular flexibility index (Phi) is 4.92. The van der Waals surface area contributed by atoms with Gasteiger partial charge >= 0.3 is 0 Å². The van der Waals surface area contributed by atoms with Crippen molar-refractivity contribution in [2.75, 3.05) is 5.32 Å². The molecule has 0 spiro atoms. The largest absolute Gasteiger partial charge is 0.325 e. The molecule has 0 saturated heterocycles. The van der Waals surface area contributed by atoms with Gasteiger partial charge in [-0.2, -0.15) is 5.26 Å². The first kappa shape index (κ1) is 14.7. The van der Waals surface area contributed by atoms with Gasteiger partial charge in [-0.25, -0.2) is 0 Å². The highest BCUT2D eigenvalue weighted by atomic mass is 79.9. The zero-order valence-electron chi connectivity index (χ0n) is 10.9. The smallest absolute Gasteiger partial charge is 0.244 e. The van der Waals surface area contributed by atoms with Crippen LogP contribution in [-0.2, 0) is 4.79 Å². The van der Waals surface area contributed by atoms with E-state index in [1.807, 2.05) is 39.0 Å². The van der Waals surface area contributed by atoms with Crippen molar-refractivity contribution in [1.82, 2.24) is 0 Å². The van der Waals surface area contributed by atoms with Gasteiger partial charge in [0.05, 0.1) is 6.07 Å². The molecule has 1 aromatic carbocycles. The van der Waals surface area contributed by atoms with Crippen molar-refractivity contribution in [2.45, 2.75) is 33.6 Å². The normalized spacial score (nSPS) is 10.8. The highest BCUT2D eigenvalue weighted by Gasteiger charge is 2.34. The second kappa shape index (κ2) is 6.01. The summed E-state index contributed by atoms with van der Waals surface area (Å²) in [6.07, 6.45) is 1.03. The molecule has 96 valence electrons. The van der Waals surface area contributed by atoms with Gasteiger partial charge in [0, 0.05) is 10.2 Å². The van der Waals surface area contributed by atoms with Gasteiger partial charge in [0.25, 0.3) is 0 Å². The van der Waals surface area contributed by atoms with Crippen LogP contribution >= 0.6 is 15.9 Å². The van der Waals surface area contributed by atoms with Crippen molar-refractivity contribution in [3.8, 4) is 6.07 Å². The topological polar surface area (TPSA) is 52.9 Å². The van der Waals surface area contributed by atoms with Gasteiger partial charge in [0.2, 0.25) is 5.91 Å². The molecular weight excluding hydrogens is 292 g/mol. The van der Waals surface area contributed by atoms with E-state index in [2.05, 4.69) is 27.3 Å². The predicted octanol–water partition coefficient (Wildman–Crippen LogP) is 4.03. The number of carbonyl (C=O) groups is 1. The summed E-state index contributed by atoms with van der Waals surface area (Å²) in [7, 11) is 0. The number of benzene rings is 1. The molecule has 0 aliphatic rings. The minimum absolute atomic E-state index is 0.231. The third-order valence-electron chi connectivity index (χ3n) is 3.29. The average Bonchev–Trinajstić information content (AvgIpc) is 2.37. The fourth-order valence-corrected chi connectivity index (χ4v) is 2.08. The first-order valence-electron chi connectivity index (χ1n) is 5.98. The lowest BCUT2D eigenvalue weighted by Gasteiger charge is -2.22.